The molecule has 128 valence electrons. The standard InChI is InChI=1S/C15H28N2O4S/c1-11-7-14(8-12(2)21-11)10-17-15(18)16-9-13-3-5-22(19,20)6-4-13/h11-14H,3-10H2,1-2H3,(H2,16,17,18)/t11-,12-/m0/s1. The van der Waals surface area contributed by atoms with Crippen LogP contribution < -0.4 is 10.6 Å². The van der Waals surface area contributed by atoms with Gasteiger partial charge in [-0.1, -0.05) is 0 Å². The molecule has 0 aromatic rings. The molecule has 0 radical (unpaired) electrons. The average molecular weight is 332 g/mol. The minimum absolute atomic E-state index is 0.153. The summed E-state index contributed by atoms with van der Waals surface area (Å²) in [7, 11) is -2.83. The molecule has 2 heterocycles. The van der Waals surface area contributed by atoms with Crippen LogP contribution in [0.3, 0.4) is 0 Å². The van der Waals surface area contributed by atoms with Crippen LogP contribution in [-0.2, 0) is 14.6 Å². The van der Waals surface area contributed by atoms with Gasteiger partial charge >= 0.3 is 6.03 Å². The van der Waals surface area contributed by atoms with E-state index in [-0.39, 0.29) is 35.7 Å². The number of amides is 2. The van der Waals surface area contributed by atoms with Gasteiger partial charge in [0, 0.05) is 13.1 Å². The van der Waals surface area contributed by atoms with Crippen LogP contribution in [0.1, 0.15) is 39.5 Å². The Morgan fingerprint density at radius 1 is 1.00 bits per heavy atom. The molecule has 0 aromatic heterocycles. The summed E-state index contributed by atoms with van der Waals surface area (Å²) in [6.45, 7) is 5.37. The molecule has 0 saturated carbocycles. The minimum atomic E-state index is -2.83. The summed E-state index contributed by atoms with van der Waals surface area (Å²) in [4.78, 5) is 11.8. The van der Waals surface area contributed by atoms with Crippen molar-refractivity contribution in [3.63, 3.8) is 0 Å². The van der Waals surface area contributed by atoms with Gasteiger partial charge in [0.05, 0.1) is 23.7 Å². The third-order valence-electron chi connectivity index (χ3n) is 4.57. The molecule has 6 nitrogen and oxygen atoms in total. The Kier molecular flexibility index (Phi) is 6.09. The molecule has 0 spiro atoms. The van der Waals surface area contributed by atoms with E-state index in [1.54, 1.807) is 0 Å². The Morgan fingerprint density at radius 3 is 2.05 bits per heavy atom. The van der Waals surface area contributed by atoms with Crippen LogP contribution in [0.25, 0.3) is 0 Å². The lowest BCUT2D eigenvalue weighted by Gasteiger charge is -2.32. The Bertz CT molecular complexity index is 456. The second-order valence-electron chi connectivity index (χ2n) is 6.78. The predicted molar refractivity (Wildman–Crippen MR) is 85.5 cm³/mol. The lowest BCUT2D eigenvalue weighted by atomic mass is 9.92. The van der Waals surface area contributed by atoms with Crippen molar-refractivity contribution in [1.29, 1.82) is 0 Å². The van der Waals surface area contributed by atoms with Gasteiger partial charge in [-0.3, -0.25) is 0 Å². The number of hydrogen-bond donors (Lipinski definition) is 2. The highest BCUT2D eigenvalue weighted by Gasteiger charge is 2.25. The van der Waals surface area contributed by atoms with E-state index >= 15 is 0 Å². The van der Waals surface area contributed by atoms with E-state index in [1.807, 2.05) is 0 Å². The van der Waals surface area contributed by atoms with Crippen molar-refractivity contribution < 1.29 is 17.9 Å². The van der Waals surface area contributed by atoms with Crippen LogP contribution in [0.15, 0.2) is 0 Å². The molecule has 2 aliphatic heterocycles. The zero-order valence-corrected chi connectivity index (χ0v) is 14.3. The van der Waals surface area contributed by atoms with Gasteiger partial charge in [0.15, 0.2) is 0 Å². The average Bonchev–Trinajstić information content (AvgIpc) is 2.43. The molecule has 7 heteroatoms. The number of carbonyl (C=O) groups is 1. The zero-order chi connectivity index (χ0) is 16.2. The number of ether oxygens (including phenoxy) is 1. The molecule has 2 amide bonds. The van der Waals surface area contributed by atoms with Crippen molar-refractivity contribution in [1.82, 2.24) is 10.6 Å². The zero-order valence-electron chi connectivity index (χ0n) is 13.5. The molecule has 2 aliphatic rings. The summed E-state index contributed by atoms with van der Waals surface area (Å²) in [6, 6.07) is -0.153. The number of urea groups is 1. The highest BCUT2D eigenvalue weighted by Crippen LogP contribution is 2.24. The summed E-state index contributed by atoms with van der Waals surface area (Å²) in [5.74, 6) is 1.24. The number of carbonyl (C=O) groups excluding carboxylic acids is 1. The van der Waals surface area contributed by atoms with E-state index in [0.717, 1.165) is 12.8 Å². The van der Waals surface area contributed by atoms with E-state index in [2.05, 4.69) is 24.5 Å². The molecular weight excluding hydrogens is 304 g/mol. The fraction of sp³-hybridized carbons (Fsp3) is 0.933. The number of nitrogens with one attached hydrogen (secondary N) is 2. The first-order valence-corrected chi connectivity index (χ1v) is 10.0. The number of sulfone groups is 1. The van der Waals surface area contributed by atoms with Gasteiger partial charge in [0.2, 0.25) is 0 Å². The largest absolute Gasteiger partial charge is 0.376 e. The lowest BCUT2D eigenvalue weighted by molar-refractivity contribution is -0.0511. The first kappa shape index (κ1) is 17.5. The van der Waals surface area contributed by atoms with Gasteiger partial charge in [-0.15, -0.1) is 0 Å². The molecule has 0 aromatic carbocycles. The molecule has 2 N–H and O–H groups in total. The van der Waals surface area contributed by atoms with Crippen molar-refractivity contribution in [2.24, 2.45) is 11.8 Å². The quantitative estimate of drug-likeness (QED) is 0.813. The summed E-state index contributed by atoms with van der Waals surface area (Å²) in [5.41, 5.74) is 0. The number of hydrogen-bond acceptors (Lipinski definition) is 4. The maximum absolute atomic E-state index is 11.8. The van der Waals surface area contributed by atoms with Crippen molar-refractivity contribution in [2.45, 2.75) is 51.7 Å². The maximum atomic E-state index is 11.8. The monoisotopic (exact) mass is 332 g/mol. The van der Waals surface area contributed by atoms with E-state index in [9.17, 15) is 13.2 Å². The van der Waals surface area contributed by atoms with Gasteiger partial charge in [-0.2, -0.15) is 0 Å². The molecule has 2 rings (SSSR count). The van der Waals surface area contributed by atoms with Crippen molar-refractivity contribution in [2.75, 3.05) is 24.6 Å². The third kappa shape index (κ3) is 5.76. The van der Waals surface area contributed by atoms with E-state index in [1.165, 1.54) is 0 Å². The third-order valence-corrected chi connectivity index (χ3v) is 6.29. The summed E-state index contributed by atoms with van der Waals surface area (Å²) < 4.78 is 28.4. The molecule has 2 saturated heterocycles. The minimum Gasteiger partial charge on any atom is -0.376 e. The Morgan fingerprint density at radius 2 is 1.50 bits per heavy atom. The predicted octanol–water partition coefficient (Wildman–Crippen LogP) is 1.31. The van der Waals surface area contributed by atoms with Crippen LogP contribution in [-0.4, -0.2) is 51.3 Å². The van der Waals surface area contributed by atoms with E-state index < -0.39 is 9.84 Å². The molecule has 22 heavy (non-hydrogen) atoms. The van der Waals surface area contributed by atoms with Crippen molar-refractivity contribution >= 4 is 15.9 Å². The van der Waals surface area contributed by atoms with Crippen molar-refractivity contribution in [3.05, 3.63) is 0 Å². The fourth-order valence-electron chi connectivity index (χ4n) is 3.39. The Labute approximate surface area is 133 Å². The van der Waals surface area contributed by atoms with Gasteiger partial charge in [0.25, 0.3) is 0 Å². The first-order chi connectivity index (χ1) is 10.3. The van der Waals surface area contributed by atoms with Crippen LogP contribution in [0.4, 0.5) is 4.79 Å². The first-order valence-electron chi connectivity index (χ1n) is 8.21. The molecule has 2 atom stereocenters. The molecule has 0 bridgehead atoms. The topological polar surface area (TPSA) is 84.5 Å². The van der Waals surface area contributed by atoms with Crippen LogP contribution in [0.2, 0.25) is 0 Å². The smallest absolute Gasteiger partial charge is 0.314 e. The Balaban J connectivity index is 1.62. The van der Waals surface area contributed by atoms with Crippen LogP contribution >= 0.6 is 0 Å². The van der Waals surface area contributed by atoms with Crippen molar-refractivity contribution in [3.8, 4) is 0 Å². The molecular formula is C15H28N2O4S. The highest BCUT2D eigenvalue weighted by molar-refractivity contribution is 7.91. The van der Waals surface area contributed by atoms with Gasteiger partial charge in [-0.25, -0.2) is 13.2 Å². The van der Waals surface area contributed by atoms with E-state index in [0.29, 0.717) is 31.8 Å². The second-order valence-corrected chi connectivity index (χ2v) is 9.08. The molecule has 0 unspecified atom stereocenters. The summed E-state index contributed by atoms with van der Waals surface area (Å²) in [6.07, 6.45) is 3.76. The van der Waals surface area contributed by atoms with E-state index in [4.69, 9.17) is 4.74 Å². The summed E-state index contributed by atoms with van der Waals surface area (Å²) in [5, 5.41) is 5.79. The molecule has 0 aliphatic carbocycles. The second kappa shape index (κ2) is 7.64. The summed E-state index contributed by atoms with van der Waals surface area (Å²) >= 11 is 0. The van der Waals surface area contributed by atoms with Crippen LogP contribution in [0, 0.1) is 11.8 Å². The van der Waals surface area contributed by atoms with Gasteiger partial charge < -0.3 is 15.4 Å². The van der Waals surface area contributed by atoms with Crippen LogP contribution in [0.5, 0.6) is 0 Å². The molecule has 2 fully saturated rings. The van der Waals surface area contributed by atoms with Gasteiger partial charge in [-0.05, 0) is 51.4 Å². The lowest BCUT2D eigenvalue weighted by Crippen LogP contribution is -2.43. The SMILES string of the molecule is C[C@H]1CC(CNC(=O)NCC2CCS(=O)(=O)CC2)C[C@H](C)O1. The maximum Gasteiger partial charge on any atom is 0.314 e. The fourth-order valence-corrected chi connectivity index (χ4v) is 4.98. The normalized spacial score (nSPS) is 32.4. The van der Waals surface area contributed by atoms with Gasteiger partial charge in [0.1, 0.15) is 9.84 Å². The number of rotatable bonds is 4. The Hall–Kier alpha value is -0.820. The highest BCUT2D eigenvalue weighted by atomic mass is 32.2.